The van der Waals surface area contributed by atoms with Gasteiger partial charge in [-0.25, -0.2) is 4.57 Å². The molecule has 0 atom stereocenters. The van der Waals surface area contributed by atoms with Crippen LogP contribution in [0.25, 0.3) is 0 Å². The summed E-state index contributed by atoms with van der Waals surface area (Å²) in [5.74, 6) is 0. The van der Waals surface area contributed by atoms with E-state index in [1.165, 1.54) is 0 Å². The maximum atomic E-state index is 8.88. The topological polar surface area (TPSA) is 82.7 Å². The van der Waals surface area contributed by atoms with Crippen molar-refractivity contribution >= 4 is 26.7 Å². The van der Waals surface area contributed by atoms with Crippen LogP contribution >= 0.6 is 7.82 Å². The van der Waals surface area contributed by atoms with Crippen LogP contribution in [0.1, 0.15) is 0 Å². The Morgan fingerprint density at radius 2 is 1.42 bits per heavy atom. The molecule has 1 aromatic rings. The normalized spacial score (nSPS) is 9.33. The van der Waals surface area contributed by atoms with Crippen LogP contribution in [0.3, 0.4) is 0 Å². The molecule has 8 heteroatoms. The summed E-state index contributed by atoms with van der Waals surface area (Å²) in [4.78, 5) is 21.6. The molecular weight excluding hydrogens is 220 g/mol. The summed E-state index contributed by atoms with van der Waals surface area (Å²) in [5.41, 5.74) is 0. The SMILES string of the molecule is O=P(O)(O)O.[Fe][n]1cccc1.[LiH]. The Morgan fingerprint density at radius 3 is 1.50 bits per heavy atom. The first-order valence-electron chi connectivity index (χ1n) is 2.46. The second kappa shape index (κ2) is 6.96. The van der Waals surface area contributed by atoms with E-state index in [1.807, 2.05) is 24.5 Å². The standard InChI is InChI=1S/C4H4N.Fe.Li.H3O4P.H/c1-2-4-5-3-1;;;1-5(2,3)4;/h1-4H;;;(H3,1,2,3,4);/q-1;+1;;;. The van der Waals surface area contributed by atoms with E-state index in [9.17, 15) is 0 Å². The van der Waals surface area contributed by atoms with Gasteiger partial charge in [0.05, 0.1) is 0 Å². The molecule has 1 rings (SSSR count). The van der Waals surface area contributed by atoms with Crippen LogP contribution in [-0.4, -0.2) is 37.1 Å². The zero-order valence-corrected chi connectivity index (χ0v) is 7.31. The molecule has 12 heavy (non-hydrogen) atoms. The molecule has 0 saturated carbocycles. The molecule has 1 aromatic heterocycles. The molecule has 0 spiro atoms. The summed E-state index contributed by atoms with van der Waals surface area (Å²) in [5, 5.41) is 0. The van der Waals surface area contributed by atoms with Crippen molar-refractivity contribution in [3.05, 3.63) is 24.5 Å². The van der Waals surface area contributed by atoms with Crippen molar-refractivity contribution in [3.63, 3.8) is 0 Å². The van der Waals surface area contributed by atoms with Gasteiger partial charge >= 0.3 is 71.0 Å². The first kappa shape index (κ1) is 15.0. The Labute approximate surface area is 90.2 Å². The van der Waals surface area contributed by atoms with Gasteiger partial charge < -0.3 is 14.7 Å². The summed E-state index contributed by atoms with van der Waals surface area (Å²) in [7, 11) is -4.64. The number of aromatic nitrogens is 1. The Balaban J connectivity index is 0. The third-order valence-electron chi connectivity index (χ3n) is 0.561. The summed E-state index contributed by atoms with van der Waals surface area (Å²) in [6.07, 6.45) is 3.78. The molecule has 3 N–H and O–H groups in total. The molecule has 0 aliphatic heterocycles. The van der Waals surface area contributed by atoms with E-state index in [0.29, 0.717) is 0 Å². The first-order valence-corrected chi connectivity index (χ1v) is 4.52. The number of rotatable bonds is 0. The van der Waals surface area contributed by atoms with E-state index in [4.69, 9.17) is 19.2 Å². The zero-order chi connectivity index (χ0) is 8.91. The van der Waals surface area contributed by atoms with Gasteiger partial charge in [-0.2, -0.15) is 0 Å². The monoisotopic (exact) mass is 228 g/mol. The molecule has 0 amide bonds. The molecule has 0 aromatic carbocycles. The predicted octanol–water partition coefficient (Wildman–Crippen LogP) is -0.779. The van der Waals surface area contributed by atoms with Crippen molar-refractivity contribution in [1.29, 1.82) is 0 Å². The van der Waals surface area contributed by atoms with Gasteiger partial charge in [-0.15, -0.1) is 0 Å². The molecular formula is C4H8FeLiNO4P. The van der Waals surface area contributed by atoms with Gasteiger partial charge in [-0.05, 0) is 0 Å². The molecule has 0 fully saturated rings. The van der Waals surface area contributed by atoms with Gasteiger partial charge in [0.1, 0.15) is 0 Å². The molecule has 0 aliphatic carbocycles. The van der Waals surface area contributed by atoms with Crippen LogP contribution in [0.4, 0.5) is 0 Å². The van der Waals surface area contributed by atoms with Crippen LogP contribution in [0, 0.1) is 0 Å². The summed E-state index contributed by atoms with van der Waals surface area (Å²) < 4.78 is 10.6. The Bertz CT molecular complexity index is 227. The molecule has 0 saturated heterocycles. The molecule has 0 aliphatic rings. The summed E-state index contributed by atoms with van der Waals surface area (Å²) in [6.45, 7) is 0. The van der Waals surface area contributed by atoms with Gasteiger partial charge in [-0.3, -0.25) is 0 Å². The minimum absolute atomic E-state index is 0. The van der Waals surface area contributed by atoms with Gasteiger partial charge in [0, 0.05) is 0 Å². The van der Waals surface area contributed by atoms with Crippen molar-refractivity contribution in [2.24, 2.45) is 0 Å². The third-order valence-corrected chi connectivity index (χ3v) is 0.890. The van der Waals surface area contributed by atoms with Crippen molar-refractivity contribution in [2.75, 3.05) is 0 Å². The molecule has 1 heterocycles. The second-order valence-electron chi connectivity index (χ2n) is 1.53. The van der Waals surface area contributed by atoms with Gasteiger partial charge in [0.15, 0.2) is 0 Å². The van der Waals surface area contributed by atoms with E-state index in [1.54, 1.807) is 3.58 Å². The molecule has 0 bridgehead atoms. The van der Waals surface area contributed by atoms with Crippen molar-refractivity contribution in [2.45, 2.75) is 0 Å². The Hall–Kier alpha value is 0.507. The van der Waals surface area contributed by atoms with Crippen molar-refractivity contribution in [3.8, 4) is 0 Å². The van der Waals surface area contributed by atoms with E-state index in [0.717, 1.165) is 0 Å². The number of phosphoric acid groups is 1. The Kier molecular flexibility index (Phi) is 8.70. The number of hydrogen-bond donors (Lipinski definition) is 3. The van der Waals surface area contributed by atoms with E-state index in [-0.39, 0.29) is 18.9 Å². The summed E-state index contributed by atoms with van der Waals surface area (Å²) in [6, 6.07) is 3.88. The average Bonchev–Trinajstić information content (AvgIpc) is 2.12. The van der Waals surface area contributed by atoms with Crippen molar-refractivity contribution < 1.29 is 35.5 Å². The number of hydrogen-bond acceptors (Lipinski definition) is 1. The zero-order valence-electron chi connectivity index (χ0n) is 5.31. The molecule has 5 nitrogen and oxygen atoms in total. The molecule has 67 valence electrons. The van der Waals surface area contributed by atoms with E-state index in [2.05, 4.69) is 16.2 Å². The quantitative estimate of drug-likeness (QED) is 0.401. The van der Waals surface area contributed by atoms with E-state index >= 15 is 0 Å². The van der Waals surface area contributed by atoms with E-state index < -0.39 is 7.82 Å². The number of nitrogens with zero attached hydrogens (tertiary/aromatic N) is 1. The van der Waals surface area contributed by atoms with Crippen LogP contribution < -0.4 is 0 Å². The Morgan fingerprint density at radius 1 is 1.17 bits per heavy atom. The maximum absolute atomic E-state index is 8.88. The van der Waals surface area contributed by atoms with Crippen LogP contribution in [0.5, 0.6) is 0 Å². The average molecular weight is 228 g/mol. The van der Waals surface area contributed by atoms with Gasteiger partial charge in [0.2, 0.25) is 0 Å². The minimum atomic E-state index is -4.64. The fourth-order valence-electron chi connectivity index (χ4n) is 0.309. The van der Waals surface area contributed by atoms with Gasteiger partial charge in [-0.1, -0.05) is 0 Å². The molecule has 0 radical (unpaired) electrons. The fraction of sp³-hybridized carbons (Fsp3) is 0. The predicted molar refractivity (Wildman–Crippen MR) is 41.2 cm³/mol. The van der Waals surface area contributed by atoms with Crippen LogP contribution in [0.2, 0.25) is 0 Å². The van der Waals surface area contributed by atoms with Crippen LogP contribution in [-0.2, 0) is 20.8 Å². The summed E-state index contributed by atoms with van der Waals surface area (Å²) >= 11 is 3.60. The third kappa shape index (κ3) is 16.9. The first-order chi connectivity index (χ1) is 4.89. The second-order valence-corrected chi connectivity index (χ2v) is 3.12. The molecule has 0 unspecified atom stereocenters. The van der Waals surface area contributed by atoms with Gasteiger partial charge in [0.25, 0.3) is 0 Å². The van der Waals surface area contributed by atoms with Crippen LogP contribution in [0.15, 0.2) is 24.5 Å². The van der Waals surface area contributed by atoms with Crippen molar-refractivity contribution in [1.82, 2.24) is 3.58 Å². The fourth-order valence-corrected chi connectivity index (χ4v) is 0.499.